The van der Waals surface area contributed by atoms with Crippen LogP contribution in [0, 0.1) is 0 Å². The molecule has 1 spiro atoms. The first-order chi connectivity index (χ1) is 5.37. The molecular weight excluding hydrogens is 138 g/mol. The van der Waals surface area contributed by atoms with Gasteiger partial charge in [0.05, 0.1) is 0 Å². The van der Waals surface area contributed by atoms with E-state index in [9.17, 15) is 4.79 Å². The fourth-order valence-corrected chi connectivity index (χ4v) is 2.69. The molecule has 11 heavy (non-hydrogen) atoms. The molecule has 0 aromatic rings. The van der Waals surface area contributed by atoms with E-state index >= 15 is 0 Å². The van der Waals surface area contributed by atoms with E-state index in [0.29, 0.717) is 5.54 Å². The van der Waals surface area contributed by atoms with E-state index in [-0.39, 0.29) is 0 Å². The summed E-state index contributed by atoms with van der Waals surface area (Å²) in [5, 5.41) is 0. The molecular formula is C9H15NO. The molecule has 1 aliphatic heterocycles. The molecule has 2 rings (SSSR count). The van der Waals surface area contributed by atoms with Crippen molar-refractivity contribution >= 4 is 6.41 Å². The maximum Gasteiger partial charge on any atom is 0.210 e. The van der Waals surface area contributed by atoms with Gasteiger partial charge < -0.3 is 4.90 Å². The fourth-order valence-electron chi connectivity index (χ4n) is 2.69. The average molecular weight is 153 g/mol. The number of rotatable bonds is 1. The lowest BCUT2D eigenvalue weighted by Crippen LogP contribution is -2.40. The zero-order chi connectivity index (χ0) is 7.73. The molecule has 2 heteroatoms. The number of nitrogens with zero attached hydrogens (tertiary/aromatic N) is 1. The van der Waals surface area contributed by atoms with Crippen LogP contribution in [0.4, 0.5) is 0 Å². The van der Waals surface area contributed by atoms with Crippen molar-refractivity contribution in [2.24, 2.45) is 0 Å². The summed E-state index contributed by atoms with van der Waals surface area (Å²) in [6.45, 7) is 1.00. The zero-order valence-corrected chi connectivity index (χ0v) is 6.88. The van der Waals surface area contributed by atoms with Gasteiger partial charge in [0.2, 0.25) is 6.41 Å². The highest BCUT2D eigenvalue weighted by molar-refractivity contribution is 5.50. The Morgan fingerprint density at radius 1 is 1.09 bits per heavy atom. The summed E-state index contributed by atoms with van der Waals surface area (Å²) in [6.07, 6.45) is 8.69. The van der Waals surface area contributed by atoms with Gasteiger partial charge in [-0.25, -0.2) is 0 Å². The summed E-state index contributed by atoms with van der Waals surface area (Å²) in [6, 6.07) is 0. The third-order valence-corrected chi connectivity index (χ3v) is 3.31. The molecule has 0 aromatic heterocycles. The Morgan fingerprint density at radius 2 is 1.73 bits per heavy atom. The molecule has 2 nitrogen and oxygen atoms in total. The number of amides is 1. The molecule has 0 N–H and O–H groups in total. The summed E-state index contributed by atoms with van der Waals surface area (Å²) in [5.74, 6) is 0. The van der Waals surface area contributed by atoms with Gasteiger partial charge in [-0.1, -0.05) is 12.8 Å². The maximum absolute atomic E-state index is 10.7. The van der Waals surface area contributed by atoms with Crippen LogP contribution in [-0.4, -0.2) is 23.4 Å². The molecule has 62 valence electrons. The van der Waals surface area contributed by atoms with Gasteiger partial charge in [-0.05, 0) is 25.7 Å². The SMILES string of the molecule is O=CN1CCCC12CCCC2. The molecule has 0 atom stereocenters. The Bertz CT molecular complexity index is 155. The molecule has 0 aromatic carbocycles. The topological polar surface area (TPSA) is 20.3 Å². The second-order valence-electron chi connectivity index (χ2n) is 3.83. The molecule has 1 aliphatic carbocycles. The van der Waals surface area contributed by atoms with E-state index in [2.05, 4.69) is 0 Å². The second-order valence-corrected chi connectivity index (χ2v) is 3.83. The first-order valence-corrected chi connectivity index (χ1v) is 4.59. The summed E-state index contributed by atoms with van der Waals surface area (Å²) in [7, 11) is 0. The highest BCUT2D eigenvalue weighted by Gasteiger charge is 2.41. The Hall–Kier alpha value is -0.530. The van der Waals surface area contributed by atoms with Gasteiger partial charge in [-0.2, -0.15) is 0 Å². The highest BCUT2D eigenvalue weighted by Crippen LogP contribution is 2.41. The van der Waals surface area contributed by atoms with E-state index in [1.807, 2.05) is 4.90 Å². The van der Waals surface area contributed by atoms with Crippen LogP contribution >= 0.6 is 0 Å². The maximum atomic E-state index is 10.7. The standard InChI is InChI=1S/C9H15NO/c11-8-10-7-3-6-9(10)4-1-2-5-9/h8H,1-7H2. The summed E-state index contributed by atoms with van der Waals surface area (Å²) in [4.78, 5) is 12.7. The molecule has 1 saturated carbocycles. The molecule has 2 fully saturated rings. The smallest absolute Gasteiger partial charge is 0.210 e. The summed E-state index contributed by atoms with van der Waals surface area (Å²) >= 11 is 0. The van der Waals surface area contributed by atoms with Crippen molar-refractivity contribution in [3.05, 3.63) is 0 Å². The van der Waals surface area contributed by atoms with Gasteiger partial charge in [0.25, 0.3) is 0 Å². The normalized spacial score (nSPS) is 28.2. The minimum atomic E-state index is 0.321. The number of likely N-dealkylation sites (tertiary alicyclic amines) is 1. The number of hydrogen-bond donors (Lipinski definition) is 0. The van der Waals surface area contributed by atoms with Gasteiger partial charge in [0.1, 0.15) is 0 Å². The number of carbonyl (C=O) groups excluding carboxylic acids is 1. The van der Waals surface area contributed by atoms with Gasteiger partial charge >= 0.3 is 0 Å². The third-order valence-electron chi connectivity index (χ3n) is 3.31. The first kappa shape index (κ1) is 7.14. The summed E-state index contributed by atoms with van der Waals surface area (Å²) < 4.78 is 0. The van der Waals surface area contributed by atoms with Crippen molar-refractivity contribution in [2.45, 2.75) is 44.1 Å². The van der Waals surface area contributed by atoms with Crippen molar-refractivity contribution in [1.82, 2.24) is 4.90 Å². The van der Waals surface area contributed by atoms with E-state index < -0.39 is 0 Å². The van der Waals surface area contributed by atoms with Crippen molar-refractivity contribution < 1.29 is 4.79 Å². The summed E-state index contributed by atoms with van der Waals surface area (Å²) in [5.41, 5.74) is 0.321. The molecule has 2 aliphatic rings. The molecule has 1 heterocycles. The molecule has 0 radical (unpaired) electrons. The Kier molecular flexibility index (Phi) is 1.63. The van der Waals surface area contributed by atoms with Crippen LogP contribution in [0.3, 0.4) is 0 Å². The van der Waals surface area contributed by atoms with Crippen LogP contribution in [0.25, 0.3) is 0 Å². The van der Waals surface area contributed by atoms with Gasteiger partial charge in [-0.15, -0.1) is 0 Å². The number of carbonyl (C=O) groups is 1. The van der Waals surface area contributed by atoms with Crippen LogP contribution in [0.1, 0.15) is 38.5 Å². The largest absolute Gasteiger partial charge is 0.340 e. The van der Waals surface area contributed by atoms with Gasteiger partial charge in [-0.3, -0.25) is 4.79 Å². The lowest BCUT2D eigenvalue weighted by molar-refractivity contribution is -0.121. The monoisotopic (exact) mass is 153 g/mol. The van der Waals surface area contributed by atoms with Crippen LogP contribution in [0.5, 0.6) is 0 Å². The van der Waals surface area contributed by atoms with E-state index in [0.717, 1.165) is 13.0 Å². The Morgan fingerprint density at radius 3 is 2.36 bits per heavy atom. The third kappa shape index (κ3) is 0.959. The van der Waals surface area contributed by atoms with Crippen molar-refractivity contribution in [3.63, 3.8) is 0 Å². The van der Waals surface area contributed by atoms with Crippen LogP contribution in [-0.2, 0) is 4.79 Å². The predicted octanol–water partition coefficient (Wildman–Crippen LogP) is 1.55. The van der Waals surface area contributed by atoms with Crippen molar-refractivity contribution in [3.8, 4) is 0 Å². The zero-order valence-electron chi connectivity index (χ0n) is 6.88. The van der Waals surface area contributed by atoms with Gasteiger partial charge in [0, 0.05) is 12.1 Å². The van der Waals surface area contributed by atoms with Crippen LogP contribution < -0.4 is 0 Å². The lowest BCUT2D eigenvalue weighted by Gasteiger charge is -2.31. The Balaban J connectivity index is 2.15. The molecule has 0 unspecified atom stereocenters. The van der Waals surface area contributed by atoms with Crippen molar-refractivity contribution in [1.29, 1.82) is 0 Å². The quantitative estimate of drug-likeness (QED) is 0.523. The second kappa shape index (κ2) is 2.50. The average Bonchev–Trinajstić information content (AvgIpc) is 2.62. The van der Waals surface area contributed by atoms with Crippen LogP contribution in [0.15, 0.2) is 0 Å². The van der Waals surface area contributed by atoms with Gasteiger partial charge in [0.15, 0.2) is 0 Å². The van der Waals surface area contributed by atoms with E-state index in [4.69, 9.17) is 0 Å². The minimum Gasteiger partial charge on any atom is -0.340 e. The predicted molar refractivity (Wildman–Crippen MR) is 43.2 cm³/mol. The molecule has 0 bridgehead atoms. The number of hydrogen-bond acceptors (Lipinski definition) is 1. The molecule has 1 saturated heterocycles. The van der Waals surface area contributed by atoms with E-state index in [1.54, 1.807) is 0 Å². The molecule has 1 amide bonds. The minimum absolute atomic E-state index is 0.321. The first-order valence-electron chi connectivity index (χ1n) is 4.59. The fraction of sp³-hybridized carbons (Fsp3) is 0.889. The lowest BCUT2D eigenvalue weighted by atomic mass is 9.95. The van der Waals surface area contributed by atoms with Crippen molar-refractivity contribution in [2.75, 3.05) is 6.54 Å². The Labute approximate surface area is 67.6 Å². The van der Waals surface area contributed by atoms with Crippen LogP contribution in [0.2, 0.25) is 0 Å². The highest BCUT2D eigenvalue weighted by atomic mass is 16.1. The van der Waals surface area contributed by atoms with E-state index in [1.165, 1.54) is 38.5 Å².